The van der Waals surface area contributed by atoms with Crippen LogP contribution in [0.15, 0.2) is 85.1 Å². The minimum atomic E-state index is -0.570. The molecule has 204 valence electrons. The van der Waals surface area contributed by atoms with E-state index in [1.165, 1.54) is 17.0 Å². The van der Waals surface area contributed by atoms with Crippen molar-refractivity contribution in [3.05, 3.63) is 122 Å². The first kappa shape index (κ1) is 27.4. The van der Waals surface area contributed by atoms with Crippen LogP contribution in [0.3, 0.4) is 0 Å². The SMILES string of the molecule is CCCCN(CC(=O)N1c2ccccc2-n2cccc2C1c1ccc(Cl)cc1)C(=O)c1ccc([N+](=O)[O-])cc1Cl. The lowest BCUT2D eigenvalue weighted by Gasteiger charge is -2.39. The summed E-state index contributed by atoms with van der Waals surface area (Å²) in [6.45, 7) is 2.12. The average molecular weight is 577 g/mol. The molecule has 0 spiro atoms. The molecule has 2 heterocycles. The third kappa shape index (κ3) is 5.20. The van der Waals surface area contributed by atoms with E-state index < -0.39 is 16.9 Å². The summed E-state index contributed by atoms with van der Waals surface area (Å²) in [7, 11) is 0. The number of carbonyl (C=O) groups is 2. The summed E-state index contributed by atoms with van der Waals surface area (Å²) in [5.41, 5.74) is 3.24. The molecule has 0 radical (unpaired) electrons. The molecule has 0 bridgehead atoms. The van der Waals surface area contributed by atoms with E-state index in [4.69, 9.17) is 23.2 Å². The summed E-state index contributed by atoms with van der Waals surface area (Å²) in [5, 5.41) is 11.7. The van der Waals surface area contributed by atoms with Crippen molar-refractivity contribution < 1.29 is 14.5 Å². The molecule has 0 fully saturated rings. The molecule has 8 nitrogen and oxygen atoms in total. The molecular formula is C30H26Cl2N4O4. The van der Waals surface area contributed by atoms with Crippen LogP contribution in [0.1, 0.15) is 47.4 Å². The van der Waals surface area contributed by atoms with Crippen LogP contribution in [0.2, 0.25) is 10.0 Å². The van der Waals surface area contributed by atoms with E-state index in [9.17, 15) is 19.7 Å². The molecule has 3 aromatic carbocycles. The minimum absolute atomic E-state index is 0.0340. The third-order valence-corrected chi connectivity index (χ3v) is 7.53. The number of unbranched alkanes of at least 4 members (excludes halogenated alkanes) is 1. The van der Waals surface area contributed by atoms with Crippen molar-refractivity contribution in [2.45, 2.75) is 25.8 Å². The summed E-state index contributed by atoms with van der Waals surface area (Å²) < 4.78 is 2.06. The zero-order chi connectivity index (χ0) is 28.4. The van der Waals surface area contributed by atoms with Gasteiger partial charge in [-0.05, 0) is 54.4 Å². The smallest absolute Gasteiger partial charge is 0.270 e. The predicted octanol–water partition coefficient (Wildman–Crippen LogP) is 7.07. The van der Waals surface area contributed by atoms with Gasteiger partial charge < -0.3 is 9.47 Å². The lowest BCUT2D eigenvalue weighted by atomic mass is 9.97. The molecule has 0 saturated heterocycles. The monoisotopic (exact) mass is 576 g/mol. The molecular weight excluding hydrogens is 551 g/mol. The van der Waals surface area contributed by atoms with Gasteiger partial charge in [-0.3, -0.25) is 24.6 Å². The second kappa shape index (κ2) is 11.5. The van der Waals surface area contributed by atoms with Gasteiger partial charge in [-0.2, -0.15) is 0 Å². The van der Waals surface area contributed by atoms with Crippen molar-refractivity contribution in [1.29, 1.82) is 0 Å². The topological polar surface area (TPSA) is 88.7 Å². The van der Waals surface area contributed by atoms with Gasteiger partial charge in [0, 0.05) is 29.9 Å². The van der Waals surface area contributed by atoms with Crippen molar-refractivity contribution in [3.63, 3.8) is 0 Å². The van der Waals surface area contributed by atoms with Gasteiger partial charge in [0.1, 0.15) is 12.6 Å². The highest BCUT2D eigenvalue weighted by Gasteiger charge is 2.37. The first-order valence-corrected chi connectivity index (χ1v) is 13.6. The van der Waals surface area contributed by atoms with Crippen molar-refractivity contribution >= 4 is 46.4 Å². The van der Waals surface area contributed by atoms with Crippen molar-refractivity contribution in [3.8, 4) is 5.69 Å². The van der Waals surface area contributed by atoms with Crippen LogP contribution < -0.4 is 4.90 Å². The number of non-ortho nitro benzene ring substituents is 1. The van der Waals surface area contributed by atoms with E-state index in [2.05, 4.69) is 4.57 Å². The first-order chi connectivity index (χ1) is 19.3. The second-order valence-corrected chi connectivity index (χ2v) is 10.4. The number of halogens is 2. The molecule has 1 atom stereocenters. The number of nitro groups is 1. The second-order valence-electron chi connectivity index (χ2n) is 9.51. The van der Waals surface area contributed by atoms with E-state index in [1.807, 2.05) is 61.7 Å². The molecule has 0 saturated carbocycles. The highest BCUT2D eigenvalue weighted by atomic mass is 35.5. The van der Waals surface area contributed by atoms with Crippen molar-refractivity contribution in [1.82, 2.24) is 9.47 Å². The maximum Gasteiger partial charge on any atom is 0.270 e. The predicted molar refractivity (Wildman–Crippen MR) is 155 cm³/mol. The molecule has 1 aliphatic rings. The Balaban J connectivity index is 1.54. The van der Waals surface area contributed by atoms with Crippen molar-refractivity contribution in [2.75, 3.05) is 18.0 Å². The van der Waals surface area contributed by atoms with Gasteiger partial charge >= 0.3 is 0 Å². The maximum absolute atomic E-state index is 14.3. The Morgan fingerprint density at radius 3 is 2.38 bits per heavy atom. The summed E-state index contributed by atoms with van der Waals surface area (Å²) in [6.07, 6.45) is 3.44. The number of aromatic nitrogens is 1. The van der Waals surface area contributed by atoms with Gasteiger partial charge in [-0.15, -0.1) is 0 Å². The zero-order valence-electron chi connectivity index (χ0n) is 21.7. The number of nitro benzene ring substituents is 1. The summed E-state index contributed by atoms with van der Waals surface area (Å²) >= 11 is 12.5. The van der Waals surface area contributed by atoms with Gasteiger partial charge in [0.2, 0.25) is 5.91 Å². The highest BCUT2D eigenvalue weighted by molar-refractivity contribution is 6.34. The number of benzene rings is 3. The number of para-hydroxylation sites is 2. The molecule has 0 aliphatic carbocycles. The average Bonchev–Trinajstić information content (AvgIpc) is 3.44. The van der Waals surface area contributed by atoms with E-state index in [1.54, 1.807) is 17.0 Å². The number of hydrogen-bond acceptors (Lipinski definition) is 4. The lowest BCUT2D eigenvalue weighted by Crippen LogP contribution is -2.47. The quantitative estimate of drug-likeness (QED) is 0.166. The third-order valence-electron chi connectivity index (χ3n) is 6.96. The molecule has 1 unspecified atom stereocenters. The molecule has 40 heavy (non-hydrogen) atoms. The molecule has 2 amide bonds. The van der Waals surface area contributed by atoms with Crippen LogP contribution in [-0.2, 0) is 4.79 Å². The van der Waals surface area contributed by atoms with Gasteiger partial charge in [0.15, 0.2) is 0 Å². The number of hydrogen-bond donors (Lipinski definition) is 0. The highest BCUT2D eigenvalue weighted by Crippen LogP contribution is 2.42. The normalized spacial score (nSPS) is 13.9. The Kier molecular flexibility index (Phi) is 7.91. The lowest BCUT2D eigenvalue weighted by molar-refractivity contribution is -0.384. The van der Waals surface area contributed by atoms with E-state index >= 15 is 0 Å². The fraction of sp³-hybridized carbons (Fsp3) is 0.200. The van der Waals surface area contributed by atoms with Gasteiger partial charge in [0.05, 0.1) is 32.6 Å². The van der Waals surface area contributed by atoms with Crippen LogP contribution in [0, 0.1) is 10.1 Å². The largest absolute Gasteiger partial charge is 0.329 e. The molecule has 5 rings (SSSR count). The minimum Gasteiger partial charge on any atom is -0.329 e. The fourth-order valence-electron chi connectivity index (χ4n) is 5.02. The van der Waals surface area contributed by atoms with Crippen LogP contribution in [0.4, 0.5) is 11.4 Å². The number of rotatable bonds is 8. The molecule has 0 N–H and O–H groups in total. The van der Waals surface area contributed by atoms with Crippen molar-refractivity contribution in [2.24, 2.45) is 0 Å². The maximum atomic E-state index is 14.3. The standard InChI is InChI=1S/C30H26Cl2N4O4/c1-2-3-16-33(30(38)23-15-14-22(36(39)40)18-24(23)32)19-28(37)35-26-8-5-4-7-25(26)34-17-6-9-27(34)29(35)20-10-12-21(31)13-11-20/h4-15,17-18,29H,2-3,16,19H2,1H3. The number of carbonyl (C=O) groups excluding carboxylic acids is 2. The van der Waals surface area contributed by atoms with Crippen LogP contribution in [0.5, 0.6) is 0 Å². The van der Waals surface area contributed by atoms with E-state index in [0.29, 0.717) is 23.7 Å². The number of amides is 2. The Morgan fingerprint density at radius 2 is 1.70 bits per heavy atom. The molecule has 10 heteroatoms. The van der Waals surface area contributed by atoms with Gasteiger partial charge in [-0.1, -0.05) is 60.8 Å². The Hall–Kier alpha value is -4.14. The molecule has 4 aromatic rings. The Bertz CT molecular complexity index is 1580. The van der Waals surface area contributed by atoms with E-state index in [-0.39, 0.29) is 28.7 Å². The fourth-order valence-corrected chi connectivity index (χ4v) is 5.41. The zero-order valence-corrected chi connectivity index (χ0v) is 23.2. The molecule has 1 aliphatic heterocycles. The summed E-state index contributed by atoms with van der Waals surface area (Å²) in [6, 6.07) is 22.2. The van der Waals surface area contributed by atoms with Crippen LogP contribution >= 0.6 is 23.2 Å². The van der Waals surface area contributed by atoms with Gasteiger partial charge in [0.25, 0.3) is 11.6 Å². The summed E-state index contributed by atoms with van der Waals surface area (Å²) in [5.74, 6) is -0.735. The van der Waals surface area contributed by atoms with E-state index in [0.717, 1.165) is 29.4 Å². The number of fused-ring (bicyclic) bond motifs is 3. The van der Waals surface area contributed by atoms with Gasteiger partial charge in [-0.25, -0.2) is 0 Å². The first-order valence-electron chi connectivity index (χ1n) is 12.9. The van der Waals surface area contributed by atoms with Crippen LogP contribution in [0.25, 0.3) is 5.69 Å². The number of nitrogens with zero attached hydrogens (tertiary/aromatic N) is 4. The van der Waals surface area contributed by atoms with Crippen LogP contribution in [-0.4, -0.2) is 39.3 Å². The summed E-state index contributed by atoms with van der Waals surface area (Å²) in [4.78, 5) is 41.7. The Morgan fingerprint density at radius 1 is 0.975 bits per heavy atom. The molecule has 1 aromatic heterocycles. The number of anilines is 1. The Labute approximate surface area is 241 Å².